The van der Waals surface area contributed by atoms with Gasteiger partial charge in [-0.2, -0.15) is 0 Å². The van der Waals surface area contributed by atoms with Crippen LogP contribution in [0.15, 0.2) is 22.8 Å². The highest BCUT2D eigenvalue weighted by Crippen LogP contribution is 2.68. The first-order chi connectivity index (χ1) is 13.0. The Morgan fingerprint density at radius 3 is 2.39 bits per heavy atom. The molecule has 0 saturated heterocycles. The fourth-order valence-electron chi connectivity index (χ4n) is 7.28. The fraction of sp³-hybridized carbons (Fsp3) is 0.739. The highest BCUT2D eigenvalue weighted by atomic mass is 35.5. The molecule has 0 spiro atoms. The van der Waals surface area contributed by atoms with Crippen LogP contribution >= 0.6 is 11.6 Å². The molecule has 5 heteroatoms. The lowest BCUT2D eigenvalue weighted by Crippen LogP contribution is -2.58. The maximum Gasteiger partial charge on any atom is 0.303 e. The smallest absolute Gasteiger partial charge is 0.303 e. The molecule has 1 N–H and O–H groups in total. The zero-order valence-electron chi connectivity index (χ0n) is 17.3. The SMILES string of the molecule is CC(=O)O[C@]1(C(C)=O)CC[C@@H]2[C@H]3C=C(Cl)C4=C[C@@H](O)CC[C@]4(C)[C@H]3CC[C@@]21C. The van der Waals surface area contributed by atoms with Crippen molar-refractivity contribution >= 4 is 23.4 Å². The van der Waals surface area contributed by atoms with Gasteiger partial charge in [-0.25, -0.2) is 0 Å². The normalized spacial score (nSPS) is 47.2. The van der Waals surface area contributed by atoms with Gasteiger partial charge < -0.3 is 9.84 Å². The van der Waals surface area contributed by atoms with Gasteiger partial charge in [0.05, 0.1) is 6.10 Å². The van der Waals surface area contributed by atoms with Crippen molar-refractivity contribution < 1.29 is 19.4 Å². The first-order valence-corrected chi connectivity index (χ1v) is 10.9. The molecular weight excluding hydrogens is 376 g/mol. The number of aliphatic hydroxyl groups excluding tert-OH is 1. The van der Waals surface area contributed by atoms with Crippen LogP contribution in [-0.4, -0.2) is 28.6 Å². The Kier molecular flexibility index (Phi) is 4.63. The van der Waals surface area contributed by atoms with E-state index in [1.54, 1.807) is 6.92 Å². The summed E-state index contributed by atoms with van der Waals surface area (Å²) in [5.74, 6) is 0.542. The first-order valence-electron chi connectivity index (χ1n) is 10.5. The largest absolute Gasteiger partial charge is 0.451 e. The number of carbonyl (C=O) groups excluding carboxylic acids is 2. The standard InChI is InChI=1S/C23H31ClO4/c1-13(25)23(28-14(2)26)10-7-18-16-12-20(24)19-11-15(27)5-8-21(19,3)17(16)6-9-22(18,23)4/h11-12,15-18,27H,5-10H2,1-4H3/t15-,16-,17-,18+,21+,22-,23-/m0/s1. The van der Waals surface area contributed by atoms with Gasteiger partial charge in [-0.15, -0.1) is 0 Å². The van der Waals surface area contributed by atoms with E-state index < -0.39 is 11.7 Å². The second-order valence-corrected chi connectivity index (χ2v) is 10.3. The molecule has 4 nitrogen and oxygen atoms in total. The Morgan fingerprint density at radius 2 is 1.75 bits per heavy atom. The molecule has 4 rings (SSSR count). The molecule has 0 amide bonds. The Hall–Kier alpha value is -1.13. The summed E-state index contributed by atoms with van der Waals surface area (Å²) in [5.41, 5.74) is -0.340. The van der Waals surface area contributed by atoms with Crippen LogP contribution in [0.2, 0.25) is 0 Å². The quantitative estimate of drug-likeness (QED) is 0.683. The molecule has 0 radical (unpaired) electrons. The van der Waals surface area contributed by atoms with Crippen molar-refractivity contribution in [3.63, 3.8) is 0 Å². The number of allylic oxidation sites excluding steroid dienone is 3. The molecule has 0 aromatic rings. The first kappa shape index (κ1) is 20.2. The van der Waals surface area contributed by atoms with E-state index in [1.165, 1.54) is 6.92 Å². The van der Waals surface area contributed by atoms with Gasteiger partial charge in [-0.3, -0.25) is 9.59 Å². The summed E-state index contributed by atoms with van der Waals surface area (Å²) in [7, 11) is 0. The van der Waals surface area contributed by atoms with Crippen molar-refractivity contribution in [3.05, 3.63) is 22.8 Å². The predicted octanol–water partition coefficient (Wildman–Crippen LogP) is 4.54. The number of hydrogen-bond acceptors (Lipinski definition) is 4. The van der Waals surface area contributed by atoms with Crippen LogP contribution in [0, 0.1) is 28.6 Å². The summed E-state index contributed by atoms with van der Waals surface area (Å²) >= 11 is 6.75. The summed E-state index contributed by atoms with van der Waals surface area (Å²) in [6, 6.07) is 0. The van der Waals surface area contributed by atoms with Crippen molar-refractivity contribution in [1.29, 1.82) is 0 Å². The predicted molar refractivity (Wildman–Crippen MR) is 108 cm³/mol. The lowest BCUT2D eigenvalue weighted by Gasteiger charge is -2.58. The van der Waals surface area contributed by atoms with Crippen LogP contribution in [0.4, 0.5) is 0 Å². The summed E-state index contributed by atoms with van der Waals surface area (Å²) in [4.78, 5) is 24.7. The molecule has 0 heterocycles. The summed E-state index contributed by atoms with van der Waals surface area (Å²) in [6.45, 7) is 7.40. The van der Waals surface area contributed by atoms with E-state index in [9.17, 15) is 14.7 Å². The van der Waals surface area contributed by atoms with E-state index in [0.29, 0.717) is 12.3 Å². The van der Waals surface area contributed by atoms with Crippen LogP contribution in [-0.2, 0) is 14.3 Å². The van der Waals surface area contributed by atoms with Gasteiger partial charge in [0.1, 0.15) is 0 Å². The number of aliphatic hydroxyl groups is 1. The minimum Gasteiger partial charge on any atom is -0.451 e. The minimum absolute atomic E-state index is 0.0374. The van der Waals surface area contributed by atoms with Gasteiger partial charge in [0.2, 0.25) is 0 Å². The second kappa shape index (κ2) is 6.43. The van der Waals surface area contributed by atoms with Crippen LogP contribution in [0.1, 0.15) is 66.2 Å². The molecule has 154 valence electrons. The third-order valence-electron chi connectivity index (χ3n) is 8.69. The molecule has 2 fully saturated rings. The highest BCUT2D eigenvalue weighted by Gasteiger charge is 2.67. The topological polar surface area (TPSA) is 63.6 Å². The van der Waals surface area contributed by atoms with Crippen molar-refractivity contribution in [1.82, 2.24) is 0 Å². The average Bonchev–Trinajstić information content (AvgIpc) is 2.90. The lowest BCUT2D eigenvalue weighted by atomic mass is 9.48. The molecule has 2 saturated carbocycles. The Balaban J connectivity index is 1.78. The maximum absolute atomic E-state index is 12.8. The number of fused-ring (bicyclic) bond motifs is 5. The molecule has 7 atom stereocenters. The summed E-state index contributed by atoms with van der Waals surface area (Å²) in [5, 5.41) is 10.9. The third-order valence-corrected chi connectivity index (χ3v) is 9.02. The number of halogens is 1. The number of Topliss-reactive ketones (excluding diaryl/α,β-unsaturated/α-hetero) is 1. The monoisotopic (exact) mass is 406 g/mol. The minimum atomic E-state index is -1.02. The van der Waals surface area contributed by atoms with Crippen molar-refractivity contribution in [3.8, 4) is 0 Å². The molecule has 0 bridgehead atoms. The van der Waals surface area contributed by atoms with Gasteiger partial charge in [-0.1, -0.05) is 37.6 Å². The van der Waals surface area contributed by atoms with Crippen molar-refractivity contribution in [2.45, 2.75) is 77.9 Å². The molecule has 0 unspecified atom stereocenters. The lowest BCUT2D eigenvalue weighted by molar-refractivity contribution is -0.185. The van der Waals surface area contributed by atoms with Crippen LogP contribution in [0.3, 0.4) is 0 Å². The number of carbonyl (C=O) groups is 2. The summed E-state index contributed by atoms with van der Waals surface area (Å²) in [6.07, 6.45) is 8.68. The molecule has 28 heavy (non-hydrogen) atoms. The van der Waals surface area contributed by atoms with Gasteiger partial charge in [0.25, 0.3) is 0 Å². The average molecular weight is 407 g/mol. The Labute approximate surface area is 172 Å². The van der Waals surface area contributed by atoms with Crippen molar-refractivity contribution in [2.24, 2.45) is 28.6 Å². The van der Waals surface area contributed by atoms with Crippen LogP contribution in [0.25, 0.3) is 0 Å². The van der Waals surface area contributed by atoms with Crippen LogP contribution in [0.5, 0.6) is 0 Å². The third kappa shape index (κ3) is 2.53. The molecular formula is C23H31ClO4. The van der Waals surface area contributed by atoms with E-state index >= 15 is 0 Å². The Bertz CT molecular complexity index is 785. The second-order valence-electron chi connectivity index (χ2n) is 9.88. The van der Waals surface area contributed by atoms with Gasteiger partial charge >= 0.3 is 5.97 Å². The number of ether oxygens (including phenoxy) is 1. The zero-order valence-corrected chi connectivity index (χ0v) is 18.0. The fourth-order valence-corrected chi connectivity index (χ4v) is 7.70. The van der Waals surface area contributed by atoms with E-state index in [4.69, 9.17) is 16.3 Å². The van der Waals surface area contributed by atoms with Gasteiger partial charge in [0.15, 0.2) is 11.4 Å². The molecule has 0 aromatic heterocycles. The molecule has 0 aromatic carbocycles. The number of ketones is 1. The van der Waals surface area contributed by atoms with Gasteiger partial charge in [0, 0.05) is 17.4 Å². The van der Waals surface area contributed by atoms with Gasteiger partial charge in [-0.05, 0) is 74.2 Å². The number of hydrogen-bond donors (Lipinski definition) is 1. The summed E-state index contributed by atoms with van der Waals surface area (Å²) < 4.78 is 5.80. The van der Waals surface area contributed by atoms with E-state index in [0.717, 1.165) is 42.7 Å². The van der Waals surface area contributed by atoms with Crippen molar-refractivity contribution in [2.75, 3.05) is 0 Å². The van der Waals surface area contributed by atoms with E-state index in [2.05, 4.69) is 19.9 Å². The Morgan fingerprint density at radius 1 is 1.07 bits per heavy atom. The molecule has 4 aliphatic rings. The van der Waals surface area contributed by atoms with E-state index in [-0.39, 0.29) is 34.4 Å². The molecule has 0 aliphatic heterocycles. The van der Waals surface area contributed by atoms with E-state index in [1.807, 2.05) is 6.08 Å². The van der Waals surface area contributed by atoms with Crippen LogP contribution < -0.4 is 0 Å². The number of esters is 1. The maximum atomic E-state index is 12.8. The highest BCUT2D eigenvalue weighted by molar-refractivity contribution is 6.32. The number of rotatable bonds is 2. The zero-order chi connectivity index (χ0) is 20.5. The molecule has 4 aliphatic carbocycles.